The van der Waals surface area contributed by atoms with E-state index in [2.05, 4.69) is 0 Å². The fourth-order valence-corrected chi connectivity index (χ4v) is 1.29. The quantitative estimate of drug-likeness (QED) is 0.622. The zero-order chi connectivity index (χ0) is 9.84. The van der Waals surface area contributed by atoms with Gasteiger partial charge in [-0.1, -0.05) is 6.08 Å². The number of halogens is 2. The van der Waals surface area contributed by atoms with Gasteiger partial charge in [0.25, 0.3) is 0 Å². The standard InChI is InChI=1S/C9H13F2NO/c1-7(13)3-2-4-12-5-8(6-12)9(10)11/h2-3,8-9H,4-6H2,1H3/b3-2+. The van der Waals surface area contributed by atoms with Crippen molar-refractivity contribution in [3.63, 3.8) is 0 Å². The van der Waals surface area contributed by atoms with Crippen LogP contribution in [0.5, 0.6) is 0 Å². The summed E-state index contributed by atoms with van der Waals surface area (Å²) in [6.07, 6.45) is 0.979. The van der Waals surface area contributed by atoms with Crippen molar-refractivity contribution < 1.29 is 13.6 Å². The number of nitrogens with zero attached hydrogens (tertiary/aromatic N) is 1. The van der Waals surface area contributed by atoms with Gasteiger partial charge in [-0.3, -0.25) is 9.69 Å². The van der Waals surface area contributed by atoms with E-state index in [0.717, 1.165) is 0 Å². The molecule has 1 aliphatic heterocycles. The van der Waals surface area contributed by atoms with Crippen molar-refractivity contribution >= 4 is 5.78 Å². The van der Waals surface area contributed by atoms with Crippen LogP contribution in [0.2, 0.25) is 0 Å². The van der Waals surface area contributed by atoms with Crippen LogP contribution in [0.3, 0.4) is 0 Å². The summed E-state index contributed by atoms with van der Waals surface area (Å²) in [5, 5.41) is 0. The molecule has 0 atom stereocenters. The second-order valence-electron chi connectivity index (χ2n) is 3.33. The Kier molecular flexibility index (Phi) is 3.54. The molecule has 4 heteroatoms. The summed E-state index contributed by atoms with van der Waals surface area (Å²) in [6.45, 7) is 2.96. The summed E-state index contributed by atoms with van der Waals surface area (Å²) >= 11 is 0. The van der Waals surface area contributed by atoms with Gasteiger partial charge < -0.3 is 0 Å². The van der Waals surface area contributed by atoms with Gasteiger partial charge in [-0.05, 0) is 13.0 Å². The van der Waals surface area contributed by atoms with Gasteiger partial charge in [-0.25, -0.2) is 8.78 Å². The molecule has 1 fully saturated rings. The number of ketones is 1. The predicted molar refractivity (Wildman–Crippen MR) is 45.8 cm³/mol. The molecule has 74 valence electrons. The summed E-state index contributed by atoms with van der Waals surface area (Å²) in [6, 6.07) is 0. The minimum absolute atomic E-state index is 0.00840. The maximum atomic E-state index is 12.0. The molecule has 13 heavy (non-hydrogen) atoms. The number of hydrogen-bond donors (Lipinski definition) is 0. The zero-order valence-electron chi connectivity index (χ0n) is 7.54. The Labute approximate surface area is 76.2 Å². The molecule has 0 aromatic rings. The third-order valence-electron chi connectivity index (χ3n) is 2.06. The van der Waals surface area contributed by atoms with Crippen molar-refractivity contribution in [3.8, 4) is 0 Å². The average Bonchev–Trinajstić information content (AvgIpc) is 1.92. The van der Waals surface area contributed by atoms with E-state index in [1.807, 2.05) is 4.90 Å². The number of alkyl halides is 2. The van der Waals surface area contributed by atoms with E-state index in [1.54, 1.807) is 6.08 Å². The van der Waals surface area contributed by atoms with Gasteiger partial charge in [0, 0.05) is 25.6 Å². The van der Waals surface area contributed by atoms with Crippen LogP contribution in [-0.2, 0) is 4.79 Å². The first kappa shape index (κ1) is 10.3. The molecule has 0 spiro atoms. The van der Waals surface area contributed by atoms with Gasteiger partial charge in [0.15, 0.2) is 5.78 Å². The Morgan fingerprint density at radius 2 is 2.23 bits per heavy atom. The third kappa shape index (κ3) is 3.22. The first-order valence-corrected chi connectivity index (χ1v) is 4.27. The summed E-state index contributed by atoms with van der Waals surface area (Å²) in [5.74, 6) is -0.475. The molecule has 0 aromatic carbocycles. The smallest absolute Gasteiger partial charge is 0.243 e. The summed E-state index contributed by atoms with van der Waals surface area (Å²) in [5.41, 5.74) is 0. The average molecular weight is 189 g/mol. The Morgan fingerprint density at radius 3 is 2.69 bits per heavy atom. The second-order valence-corrected chi connectivity index (χ2v) is 3.33. The topological polar surface area (TPSA) is 20.3 Å². The number of carbonyl (C=O) groups is 1. The summed E-state index contributed by atoms with van der Waals surface area (Å²) in [7, 11) is 0. The van der Waals surface area contributed by atoms with E-state index in [4.69, 9.17) is 0 Å². The maximum Gasteiger partial charge on any atom is 0.243 e. The Hall–Kier alpha value is -0.770. The molecule has 0 amide bonds. The van der Waals surface area contributed by atoms with Gasteiger partial charge in [0.05, 0.1) is 0 Å². The van der Waals surface area contributed by atoms with Crippen molar-refractivity contribution in [1.29, 1.82) is 0 Å². The van der Waals surface area contributed by atoms with Crippen molar-refractivity contribution in [1.82, 2.24) is 4.90 Å². The molecular formula is C9H13F2NO. The molecule has 0 radical (unpaired) electrons. The van der Waals surface area contributed by atoms with Crippen LogP contribution in [0.4, 0.5) is 8.78 Å². The van der Waals surface area contributed by atoms with E-state index in [1.165, 1.54) is 13.0 Å². The van der Waals surface area contributed by atoms with Crippen LogP contribution in [0.1, 0.15) is 6.92 Å². The normalized spacial score (nSPS) is 19.7. The summed E-state index contributed by atoms with van der Waals surface area (Å²) in [4.78, 5) is 12.4. The van der Waals surface area contributed by atoms with E-state index in [0.29, 0.717) is 19.6 Å². The minimum Gasteiger partial charge on any atom is -0.299 e. The van der Waals surface area contributed by atoms with Crippen LogP contribution in [0, 0.1) is 5.92 Å². The fraction of sp³-hybridized carbons (Fsp3) is 0.667. The molecule has 2 nitrogen and oxygen atoms in total. The molecule has 0 aliphatic carbocycles. The van der Waals surface area contributed by atoms with Crippen LogP contribution in [0.25, 0.3) is 0 Å². The first-order chi connectivity index (χ1) is 6.09. The highest BCUT2D eigenvalue weighted by Crippen LogP contribution is 2.21. The number of carbonyl (C=O) groups excluding carboxylic acids is 1. The molecule has 0 saturated carbocycles. The predicted octanol–water partition coefficient (Wildman–Crippen LogP) is 1.33. The maximum absolute atomic E-state index is 12.0. The van der Waals surface area contributed by atoms with Crippen molar-refractivity contribution in [2.24, 2.45) is 5.92 Å². The van der Waals surface area contributed by atoms with E-state index >= 15 is 0 Å². The fourth-order valence-electron chi connectivity index (χ4n) is 1.29. The van der Waals surface area contributed by atoms with Crippen LogP contribution >= 0.6 is 0 Å². The Morgan fingerprint density at radius 1 is 1.62 bits per heavy atom. The molecule has 0 bridgehead atoms. The molecule has 1 rings (SSSR count). The van der Waals surface area contributed by atoms with E-state index in [-0.39, 0.29) is 5.78 Å². The van der Waals surface area contributed by atoms with Crippen LogP contribution in [-0.4, -0.2) is 36.7 Å². The lowest BCUT2D eigenvalue weighted by Crippen LogP contribution is -2.49. The number of hydrogen-bond acceptors (Lipinski definition) is 2. The van der Waals surface area contributed by atoms with Crippen molar-refractivity contribution in [2.45, 2.75) is 13.3 Å². The molecule has 0 aromatic heterocycles. The van der Waals surface area contributed by atoms with E-state index < -0.39 is 12.3 Å². The summed E-state index contributed by atoms with van der Waals surface area (Å²) < 4.78 is 24.0. The monoisotopic (exact) mass is 189 g/mol. The highest BCUT2D eigenvalue weighted by atomic mass is 19.3. The lowest BCUT2D eigenvalue weighted by atomic mass is 10.0. The second kappa shape index (κ2) is 4.46. The van der Waals surface area contributed by atoms with Gasteiger partial charge in [-0.2, -0.15) is 0 Å². The molecule has 0 N–H and O–H groups in total. The number of rotatable bonds is 4. The van der Waals surface area contributed by atoms with Gasteiger partial charge in [0.1, 0.15) is 0 Å². The van der Waals surface area contributed by atoms with Crippen molar-refractivity contribution in [2.75, 3.05) is 19.6 Å². The molecule has 1 aliphatic rings. The number of likely N-dealkylation sites (tertiary alicyclic amines) is 1. The molecule has 1 heterocycles. The first-order valence-electron chi connectivity index (χ1n) is 4.27. The lowest BCUT2D eigenvalue weighted by Gasteiger charge is -2.37. The minimum atomic E-state index is -2.20. The van der Waals surface area contributed by atoms with Crippen LogP contribution < -0.4 is 0 Å². The highest BCUT2D eigenvalue weighted by molar-refractivity contribution is 5.87. The number of allylic oxidation sites excluding steroid dienone is 1. The Bertz CT molecular complexity index is 210. The SMILES string of the molecule is CC(=O)/C=C/CN1CC(C(F)F)C1. The largest absolute Gasteiger partial charge is 0.299 e. The van der Waals surface area contributed by atoms with Gasteiger partial charge >= 0.3 is 0 Å². The zero-order valence-corrected chi connectivity index (χ0v) is 7.54. The molecule has 0 unspecified atom stereocenters. The Balaban J connectivity index is 2.12. The molecule has 1 saturated heterocycles. The third-order valence-corrected chi connectivity index (χ3v) is 2.06. The van der Waals surface area contributed by atoms with Gasteiger partial charge in [-0.15, -0.1) is 0 Å². The highest BCUT2D eigenvalue weighted by Gasteiger charge is 2.32. The lowest BCUT2D eigenvalue weighted by molar-refractivity contribution is -0.112. The van der Waals surface area contributed by atoms with Crippen LogP contribution in [0.15, 0.2) is 12.2 Å². The van der Waals surface area contributed by atoms with Gasteiger partial charge in [0.2, 0.25) is 6.43 Å². The van der Waals surface area contributed by atoms with E-state index in [9.17, 15) is 13.6 Å². The van der Waals surface area contributed by atoms with Crippen molar-refractivity contribution in [3.05, 3.63) is 12.2 Å². The molecular weight excluding hydrogens is 176 g/mol.